The van der Waals surface area contributed by atoms with Crippen molar-refractivity contribution in [3.63, 3.8) is 0 Å². The molecular weight excluding hydrogens is 284 g/mol. The molecule has 0 aliphatic carbocycles. The molecule has 2 heterocycles. The standard InChI is InChI=1S/C16H22N2O2S/c1-17-8-13-9-18(11-16(13,10-17)15(19)20)7-12-4-3-5-14(6-12)21-2/h3-6,13H,7-11H2,1-2H3,(H,19,20)/t13-,16-/m0/s1. The van der Waals surface area contributed by atoms with Gasteiger partial charge in [-0.3, -0.25) is 9.69 Å². The zero-order valence-electron chi connectivity index (χ0n) is 12.6. The average molecular weight is 306 g/mol. The quantitative estimate of drug-likeness (QED) is 0.860. The van der Waals surface area contributed by atoms with E-state index in [2.05, 4.69) is 40.3 Å². The van der Waals surface area contributed by atoms with E-state index in [-0.39, 0.29) is 5.92 Å². The van der Waals surface area contributed by atoms with Crippen LogP contribution in [0, 0.1) is 11.3 Å². The molecule has 1 N–H and O–H groups in total. The van der Waals surface area contributed by atoms with Gasteiger partial charge in [-0.15, -0.1) is 11.8 Å². The Kier molecular flexibility index (Phi) is 3.99. The third-order valence-electron chi connectivity index (χ3n) is 4.82. The first-order valence-electron chi connectivity index (χ1n) is 7.31. The second kappa shape index (κ2) is 5.63. The first-order valence-corrected chi connectivity index (χ1v) is 8.53. The molecule has 0 saturated carbocycles. The topological polar surface area (TPSA) is 43.8 Å². The van der Waals surface area contributed by atoms with Crippen molar-refractivity contribution in [1.29, 1.82) is 0 Å². The number of carboxylic acid groups (broad SMARTS) is 1. The van der Waals surface area contributed by atoms with Crippen LogP contribution >= 0.6 is 11.8 Å². The van der Waals surface area contributed by atoms with E-state index in [0.29, 0.717) is 13.1 Å². The molecule has 2 atom stereocenters. The summed E-state index contributed by atoms with van der Waals surface area (Å²) >= 11 is 1.74. The van der Waals surface area contributed by atoms with Gasteiger partial charge in [-0.1, -0.05) is 12.1 Å². The van der Waals surface area contributed by atoms with E-state index in [0.717, 1.165) is 19.6 Å². The van der Waals surface area contributed by atoms with Crippen LogP contribution in [0.2, 0.25) is 0 Å². The molecule has 0 bridgehead atoms. The van der Waals surface area contributed by atoms with Gasteiger partial charge in [-0.05, 0) is 31.0 Å². The molecule has 1 aromatic rings. The van der Waals surface area contributed by atoms with Crippen molar-refractivity contribution in [2.45, 2.75) is 11.4 Å². The van der Waals surface area contributed by atoms with Crippen LogP contribution in [0.4, 0.5) is 0 Å². The lowest BCUT2D eigenvalue weighted by Crippen LogP contribution is -2.40. The molecule has 2 aliphatic rings. The van der Waals surface area contributed by atoms with Gasteiger partial charge in [0.1, 0.15) is 0 Å². The molecule has 2 aliphatic heterocycles. The summed E-state index contributed by atoms with van der Waals surface area (Å²) in [6, 6.07) is 8.53. The number of benzene rings is 1. The van der Waals surface area contributed by atoms with Crippen LogP contribution in [-0.4, -0.2) is 60.4 Å². The van der Waals surface area contributed by atoms with Crippen LogP contribution in [0.5, 0.6) is 0 Å². The van der Waals surface area contributed by atoms with E-state index in [1.165, 1.54) is 10.5 Å². The fourth-order valence-corrected chi connectivity index (χ4v) is 4.36. The lowest BCUT2D eigenvalue weighted by Gasteiger charge is -2.24. The van der Waals surface area contributed by atoms with Crippen molar-refractivity contribution in [1.82, 2.24) is 9.80 Å². The minimum atomic E-state index is -0.628. The van der Waals surface area contributed by atoms with E-state index < -0.39 is 11.4 Å². The first-order chi connectivity index (χ1) is 10.0. The molecule has 21 heavy (non-hydrogen) atoms. The van der Waals surface area contributed by atoms with Crippen LogP contribution in [-0.2, 0) is 11.3 Å². The van der Waals surface area contributed by atoms with E-state index >= 15 is 0 Å². The number of likely N-dealkylation sites (tertiary alicyclic amines) is 2. The van der Waals surface area contributed by atoms with Gasteiger partial charge >= 0.3 is 5.97 Å². The van der Waals surface area contributed by atoms with Gasteiger partial charge < -0.3 is 10.0 Å². The maximum absolute atomic E-state index is 11.8. The normalized spacial score (nSPS) is 29.7. The fraction of sp³-hybridized carbons (Fsp3) is 0.562. The second-order valence-electron chi connectivity index (χ2n) is 6.38. The molecule has 2 saturated heterocycles. The monoisotopic (exact) mass is 306 g/mol. The molecule has 0 aromatic heterocycles. The Bertz CT molecular complexity index is 551. The lowest BCUT2D eigenvalue weighted by molar-refractivity contribution is -0.148. The number of rotatable bonds is 4. The third kappa shape index (κ3) is 2.70. The predicted molar refractivity (Wildman–Crippen MR) is 84.6 cm³/mol. The molecule has 3 rings (SSSR count). The van der Waals surface area contributed by atoms with Crippen molar-refractivity contribution in [2.24, 2.45) is 11.3 Å². The molecule has 0 unspecified atom stereocenters. The predicted octanol–water partition coefficient (Wildman–Crippen LogP) is 1.86. The molecule has 0 amide bonds. The molecule has 1 aromatic carbocycles. The van der Waals surface area contributed by atoms with Crippen molar-refractivity contribution in [3.8, 4) is 0 Å². The van der Waals surface area contributed by atoms with Crippen LogP contribution in [0.15, 0.2) is 29.2 Å². The summed E-state index contributed by atoms with van der Waals surface area (Å²) in [5, 5.41) is 9.70. The minimum absolute atomic E-state index is 0.253. The molecule has 0 radical (unpaired) electrons. The summed E-state index contributed by atoms with van der Waals surface area (Å²) in [6.45, 7) is 3.98. The summed E-state index contributed by atoms with van der Waals surface area (Å²) in [7, 11) is 2.02. The Morgan fingerprint density at radius 1 is 1.43 bits per heavy atom. The average Bonchev–Trinajstić information content (AvgIpc) is 2.92. The van der Waals surface area contributed by atoms with Gasteiger partial charge in [0.15, 0.2) is 0 Å². The van der Waals surface area contributed by atoms with E-state index in [4.69, 9.17) is 0 Å². The highest BCUT2D eigenvalue weighted by atomic mass is 32.2. The molecule has 0 spiro atoms. The smallest absolute Gasteiger partial charge is 0.312 e. The van der Waals surface area contributed by atoms with E-state index in [9.17, 15) is 9.90 Å². The molecule has 4 nitrogen and oxygen atoms in total. The van der Waals surface area contributed by atoms with Gasteiger partial charge in [-0.25, -0.2) is 0 Å². The van der Waals surface area contributed by atoms with E-state index in [1.807, 2.05) is 7.05 Å². The Labute approximate surface area is 130 Å². The molecular formula is C16H22N2O2S. The number of fused-ring (bicyclic) bond motifs is 1. The highest BCUT2D eigenvalue weighted by Gasteiger charge is 2.56. The maximum Gasteiger partial charge on any atom is 0.312 e. The molecule has 2 fully saturated rings. The summed E-state index contributed by atoms with van der Waals surface area (Å²) < 4.78 is 0. The zero-order valence-corrected chi connectivity index (χ0v) is 13.4. The first kappa shape index (κ1) is 14.9. The van der Waals surface area contributed by atoms with Gasteiger partial charge in [0.2, 0.25) is 0 Å². The van der Waals surface area contributed by atoms with E-state index in [1.54, 1.807) is 11.8 Å². The highest BCUT2D eigenvalue weighted by Crippen LogP contribution is 2.42. The largest absolute Gasteiger partial charge is 0.481 e. The van der Waals surface area contributed by atoms with Crippen molar-refractivity contribution < 1.29 is 9.90 Å². The number of nitrogens with zero attached hydrogens (tertiary/aromatic N) is 2. The van der Waals surface area contributed by atoms with Crippen LogP contribution < -0.4 is 0 Å². The van der Waals surface area contributed by atoms with Crippen LogP contribution in [0.3, 0.4) is 0 Å². The number of carboxylic acids is 1. The maximum atomic E-state index is 11.8. The van der Waals surface area contributed by atoms with Crippen LogP contribution in [0.25, 0.3) is 0 Å². The number of thioether (sulfide) groups is 1. The number of hydrogen-bond donors (Lipinski definition) is 1. The third-order valence-corrected chi connectivity index (χ3v) is 5.54. The number of carbonyl (C=O) groups is 1. The minimum Gasteiger partial charge on any atom is -0.481 e. The Morgan fingerprint density at radius 2 is 2.24 bits per heavy atom. The van der Waals surface area contributed by atoms with Gasteiger partial charge in [0.05, 0.1) is 5.41 Å². The summed E-state index contributed by atoms with van der Waals surface area (Å²) in [5.74, 6) is -0.374. The Hall–Kier alpha value is -1.04. The summed E-state index contributed by atoms with van der Waals surface area (Å²) in [5.41, 5.74) is 0.710. The second-order valence-corrected chi connectivity index (χ2v) is 7.26. The van der Waals surface area contributed by atoms with Crippen molar-refractivity contribution >= 4 is 17.7 Å². The zero-order chi connectivity index (χ0) is 15.0. The van der Waals surface area contributed by atoms with Crippen molar-refractivity contribution in [3.05, 3.63) is 29.8 Å². The van der Waals surface area contributed by atoms with Gasteiger partial charge in [0, 0.05) is 43.5 Å². The van der Waals surface area contributed by atoms with Gasteiger partial charge in [-0.2, -0.15) is 0 Å². The Balaban J connectivity index is 1.73. The Morgan fingerprint density at radius 3 is 2.90 bits per heavy atom. The number of hydrogen-bond acceptors (Lipinski definition) is 4. The summed E-state index contributed by atoms with van der Waals surface area (Å²) in [6.07, 6.45) is 2.08. The molecule has 5 heteroatoms. The number of aliphatic carboxylic acids is 1. The molecule has 114 valence electrons. The van der Waals surface area contributed by atoms with Crippen LogP contribution in [0.1, 0.15) is 5.56 Å². The van der Waals surface area contributed by atoms with Crippen molar-refractivity contribution in [2.75, 3.05) is 39.5 Å². The summed E-state index contributed by atoms with van der Waals surface area (Å²) in [4.78, 5) is 17.5. The lowest BCUT2D eigenvalue weighted by atomic mass is 9.81. The SMILES string of the molecule is CSc1cccc(CN2C[C@@H]3CN(C)C[C@]3(C(=O)O)C2)c1. The fourth-order valence-electron chi connectivity index (χ4n) is 3.87. The van der Waals surface area contributed by atoms with Gasteiger partial charge in [0.25, 0.3) is 0 Å². The highest BCUT2D eigenvalue weighted by molar-refractivity contribution is 7.98.